The van der Waals surface area contributed by atoms with Gasteiger partial charge in [0, 0.05) is 19.5 Å². The lowest BCUT2D eigenvalue weighted by Gasteiger charge is -2.14. The van der Waals surface area contributed by atoms with Gasteiger partial charge in [-0.25, -0.2) is 4.98 Å². The quantitative estimate of drug-likeness (QED) is 0.755. The zero-order valence-electron chi connectivity index (χ0n) is 11.7. The topological polar surface area (TPSA) is 76.3 Å². The van der Waals surface area contributed by atoms with Crippen molar-refractivity contribution < 1.29 is 4.74 Å². The van der Waals surface area contributed by atoms with Gasteiger partial charge in [-0.1, -0.05) is 6.92 Å². The van der Waals surface area contributed by atoms with Gasteiger partial charge in [-0.2, -0.15) is 4.98 Å². The Bertz CT molecular complexity index is 381. The largest absolute Gasteiger partial charge is 0.479 e. The second kappa shape index (κ2) is 7.00. The summed E-state index contributed by atoms with van der Waals surface area (Å²) in [6, 6.07) is 0. The van der Waals surface area contributed by atoms with Crippen LogP contribution in [0, 0.1) is 0 Å². The maximum Gasteiger partial charge on any atom is 0.242 e. The molecule has 3 N–H and O–H groups in total. The third kappa shape index (κ3) is 4.03. The fourth-order valence-corrected chi connectivity index (χ4v) is 1.52. The lowest BCUT2D eigenvalue weighted by Crippen LogP contribution is -2.22. The zero-order valence-corrected chi connectivity index (χ0v) is 11.7. The van der Waals surface area contributed by atoms with E-state index in [0.717, 1.165) is 31.8 Å². The van der Waals surface area contributed by atoms with Crippen LogP contribution in [-0.2, 0) is 6.42 Å². The van der Waals surface area contributed by atoms with Crippen molar-refractivity contribution in [3.05, 3.63) is 5.82 Å². The summed E-state index contributed by atoms with van der Waals surface area (Å²) in [4.78, 5) is 10.8. The number of hydrogen-bond donors (Lipinski definition) is 2. The molecular weight excluding hydrogens is 230 g/mol. The minimum Gasteiger partial charge on any atom is -0.479 e. The van der Waals surface area contributed by atoms with Crippen LogP contribution in [0.4, 0.5) is 11.5 Å². The van der Waals surface area contributed by atoms with Gasteiger partial charge < -0.3 is 20.7 Å². The van der Waals surface area contributed by atoms with Gasteiger partial charge in [0.1, 0.15) is 11.5 Å². The monoisotopic (exact) mass is 253 g/mol. The molecule has 1 rings (SSSR count). The van der Waals surface area contributed by atoms with Gasteiger partial charge in [0.25, 0.3) is 0 Å². The van der Waals surface area contributed by atoms with Gasteiger partial charge in [-0.3, -0.25) is 0 Å². The fourth-order valence-electron chi connectivity index (χ4n) is 1.52. The number of likely N-dealkylation sites (N-methyl/N-ethyl adjacent to an activating group) is 1. The Balaban J connectivity index is 2.83. The normalized spacial score (nSPS) is 10.7. The molecule has 6 heteroatoms. The lowest BCUT2D eigenvalue weighted by atomic mass is 10.3. The molecule has 0 saturated carbocycles. The van der Waals surface area contributed by atoms with Gasteiger partial charge in [-0.15, -0.1) is 0 Å². The maximum absolute atomic E-state index is 5.95. The fraction of sp³-hybridized carbons (Fsp3) is 0.667. The Morgan fingerprint density at radius 3 is 2.61 bits per heavy atom. The number of nitrogen functional groups attached to an aromatic ring is 1. The molecule has 0 spiro atoms. The molecule has 0 bridgehead atoms. The Hall–Kier alpha value is -1.56. The molecule has 0 atom stereocenters. The molecule has 102 valence electrons. The highest BCUT2D eigenvalue weighted by Gasteiger charge is 2.11. The Labute approximate surface area is 109 Å². The first-order chi connectivity index (χ1) is 8.58. The Morgan fingerprint density at radius 2 is 2.06 bits per heavy atom. The number of aryl methyl sites for hydroxylation is 1. The smallest absolute Gasteiger partial charge is 0.242 e. The van der Waals surface area contributed by atoms with Crippen molar-refractivity contribution in [2.24, 2.45) is 0 Å². The van der Waals surface area contributed by atoms with Gasteiger partial charge in [0.15, 0.2) is 5.82 Å². The van der Waals surface area contributed by atoms with Crippen molar-refractivity contribution in [3.8, 4) is 5.88 Å². The van der Waals surface area contributed by atoms with Crippen LogP contribution in [0.2, 0.25) is 0 Å². The summed E-state index contributed by atoms with van der Waals surface area (Å²) < 4.78 is 5.17. The van der Waals surface area contributed by atoms with Crippen LogP contribution in [0.15, 0.2) is 0 Å². The van der Waals surface area contributed by atoms with Gasteiger partial charge in [0.2, 0.25) is 5.88 Å². The van der Waals surface area contributed by atoms with Crippen molar-refractivity contribution in [2.45, 2.75) is 19.8 Å². The van der Waals surface area contributed by atoms with E-state index in [0.29, 0.717) is 17.4 Å². The van der Waals surface area contributed by atoms with Crippen LogP contribution >= 0.6 is 0 Å². The van der Waals surface area contributed by atoms with E-state index in [4.69, 9.17) is 10.5 Å². The number of rotatable bonds is 7. The summed E-state index contributed by atoms with van der Waals surface area (Å²) in [5.41, 5.74) is 6.42. The van der Waals surface area contributed by atoms with E-state index in [1.807, 2.05) is 14.1 Å². The van der Waals surface area contributed by atoms with E-state index >= 15 is 0 Å². The molecular formula is C12H23N5O. The average Bonchev–Trinajstić information content (AvgIpc) is 2.32. The van der Waals surface area contributed by atoms with Crippen LogP contribution in [0.1, 0.15) is 19.2 Å². The standard InChI is InChI=1S/C12H23N5O/c1-5-6-9-15-11(14-7-8-17(2)3)10(13)12(16-9)18-4/h5-8,13H2,1-4H3,(H,14,15,16). The number of anilines is 2. The van der Waals surface area contributed by atoms with E-state index in [1.165, 1.54) is 0 Å². The van der Waals surface area contributed by atoms with Crippen molar-refractivity contribution in [2.75, 3.05) is 45.3 Å². The van der Waals surface area contributed by atoms with Gasteiger partial charge >= 0.3 is 0 Å². The average molecular weight is 253 g/mol. The van der Waals surface area contributed by atoms with Gasteiger partial charge in [-0.05, 0) is 20.5 Å². The molecule has 0 amide bonds. The highest BCUT2D eigenvalue weighted by molar-refractivity contribution is 5.66. The summed E-state index contributed by atoms with van der Waals surface area (Å²) >= 11 is 0. The van der Waals surface area contributed by atoms with Crippen molar-refractivity contribution >= 4 is 11.5 Å². The first-order valence-corrected chi connectivity index (χ1v) is 6.17. The molecule has 0 aliphatic heterocycles. The van der Waals surface area contributed by atoms with Gasteiger partial charge in [0.05, 0.1) is 7.11 Å². The molecule has 0 fully saturated rings. The second-order valence-electron chi connectivity index (χ2n) is 4.39. The first kappa shape index (κ1) is 14.5. The summed E-state index contributed by atoms with van der Waals surface area (Å²) in [5, 5.41) is 3.22. The van der Waals surface area contributed by atoms with E-state index in [2.05, 4.69) is 27.1 Å². The molecule has 0 aliphatic rings. The third-order valence-electron chi connectivity index (χ3n) is 2.48. The van der Waals surface area contributed by atoms with E-state index in [1.54, 1.807) is 7.11 Å². The number of ether oxygens (including phenoxy) is 1. The summed E-state index contributed by atoms with van der Waals surface area (Å²) in [7, 11) is 5.61. The van der Waals surface area contributed by atoms with Crippen molar-refractivity contribution in [1.82, 2.24) is 14.9 Å². The van der Waals surface area contributed by atoms with Crippen LogP contribution in [0.3, 0.4) is 0 Å². The highest BCUT2D eigenvalue weighted by Crippen LogP contribution is 2.25. The predicted molar refractivity (Wildman–Crippen MR) is 74.0 cm³/mol. The highest BCUT2D eigenvalue weighted by atomic mass is 16.5. The molecule has 6 nitrogen and oxygen atoms in total. The number of nitrogens with zero attached hydrogens (tertiary/aromatic N) is 3. The van der Waals surface area contributed by atoms with Crippen LogP contribution < -0.4 is 15.8 Å². The maximum atomic E-state index is 5.95. The molecule has 18 heavy (non-hydrogen) atoms. The summed E-state index contributed by atoms with van der Waals surface area (Å²) in [6.07, 6.45) is 1.81. The minimum absolute atomic E-state index is 0.445. The SMILES string of the molecule is CCCc1nc(NCCN(C)C)c(N)c(OC)n1. The number of aromatic nitrogens is 2. The van der Waals surface area contributed by atoms with E-state index in [-0.39, 0.29) is 0 Å². The van der Waals surface area contributed by atoms with Crippen molar-refractivity contribution in [1.29, 1.82) is 0 Å². The zero-order chi connectivity index (χ0) is 13.5. The third-order valence-corrected chi connectivity index (χ3v) is 2.48. The lowest BCUT2D eigenvalue weighted by molar-refractivity contribution is 0.397. The summed E-state index contributed by atoms with van der Waals surface area (Å²) in [5.74, 6) is 1.86. The Kier molecular flexibility index (Phi) is 5.64. The van der Waals surface area contributed by atoms with E-state index in [9.17, 15) is 0 Å². The molecule has 0 aliphatic carbocycles. The van der Waals surface area contributed by atoms with E-state index < -0.39 is 0 Å². The molecule has 1 aromatic rings. The molecule has 1 aromatic heterocycles. The number of hydrogen-bond acceptors (Lipinski definition) is 6. The Morgan fingerprint density at radius 1 is 1.33 bits per heavy atom. The molecule has 0 aromatic carbocycles. The van der Waals surface area contributed by atoms with Crippen LogP contribution in [-0.4, -0.2) is 49.2 Å². The number of methoxy groups -OCH3 is 1. The molecule has 0 unspecified atom stereocenters. The number of nitrogens with two attached hydrogens (primary N) is 1. The molecule has 0 radical (unpaired) electrons. The molecule has 0 saturated heterocycles. The molecule has 1 heterocycles. The minimum atomic E-state index is 0.445. The second-order valence-corrected chi connectivity index (χ2v) is 4.39. The van der Waals surface area contributed by atoms with Crippen LogP contribution in [0.25, 0.3) is 0 Å². The first-order valence-electron chi connectivity index (χ1n) is 6.17. The van der Waals surface area contributed by atoms with Crippen LogP contribution in [0.5, 0.6) is 5.88 Å². The van der Waals surface area contributed by atoms with Crippen molar-refractivity contribution in [3.63, 3.8) is 0 Å². The number of nitrogens with one attached hydrogen (secondary N) is 1. The summed E-state index contributed by atoms with van der Waals surface area (Å²) in [6.45, 7) is 3.78. The predicted octanol–water partition coefficient (Wildman–Crippen LogP) is 0.993.